The first-order chi connectivity index (χ1) is 10.6. The van der Waals surface area contributed by atoms with Crippen LogP contribution in [0.15, 0.2) is 0 Å². The molecule has 0 aliphatic carbocycles. The topological polar surface area (TPSA) is 97.1 Å². The lowest BCUT2D eigenvalue weighted by molar-refractivity contribution is -0.128. The van der Waals surface area contributed by atoms with Crippen LogP contribution >= 0.6 is 24.8 Å². The van der Waals surface area contributed by atoms with Crippen molar-refractivity contribution in [3.8, 4) is 0 Å². The Morgan fingerprint density at radius 2 is 2.04 bits per heavy atom. The van der Waals surface area contributed by atoms with Crippen LogP contribution in [0.4, 0.5) is 0 Å². The lowest BCUT2D eigenvalue weighted by Gasteiger charge is -2.28. The van der Waals surface area contributed by atoms with Crippen LogP contribution in [0.2, 0.25) is 0 Å². The second-order valence-corrected chi connectivity index (χ2v) is 5.77. The zero-order chi connectivity index (χ0) is 15.9. The molecule has 0 aromatic rings. The fourth-order valence-electron chi connectivity index (χ4n) is 2.74. The highest BCUT2D eigenvalue weighted by Crippen LogP contribution is 2.11. The lowest BCUT2D eigenvalue weighted by atomic mass is 10.2. The Hall–Kier alpha value is -0.640. The minimum Gasteiger partial charge on any atom is -0.383 e. The highest BCUT2D eigenvalue weighted by molar-refractivity contribution is 5.86. The summed E-state index contributed by atoms with van der Waals surface area (Å²) in [5, 5.41) is 2.82. The molecule has 2 atom stereocenters. The Morgan fingerprint density at radius 1 is 1.38 bits per heavy atom. The Balaban J connectivity index is 0.00000264. The van der Waals surface area contributed by atoms with Crippen LogP contribution in [0.1, 0.15) is 6.42 Å². The van der Waals surface area contributed by atoms with Gasteiger partial charge in [-0.3, -0.25) is 14.5 Å². The number of rotatable bonds is 7. The summed E-state index contributed by atoms with van der Waals surface area (Å²) in [6.45, 7) is 5.59. The molecule has 10 heteroatoms. The number of morpholine rings is 1. The van der Waals surface area contributed by atoms with Crippen molar-refractivity contribution in [3.63, 3.8) is 0 Å². The minimum atomic E-state index is -0.692. The predicted molar refractivity (Wildman–Crippen MR) is 94.7 cm³/mol. The molecular weight excluding hydrogens is 359 g/mol. The van der Waals surface area contributed by atoms with Crippen LogP contribution in [0.5, 0.6) is 0 Å². The van der Waals surface area contributed by atoms with Crippen LogP contribution in [0.25, 0.3) is 0 Å². The summed E-state index contributed by atoms with van der Waals surface area (Å²) >= 11 is 0. The van der Waals surface area contributed by atoms with E-state index in [1.54, 1.807) is 0 Å². The third-order valence-corrected chi connectivity index (χ3v) is 4.03. The standard InChI is InChI=1S/C14H26N4O4.2ClH/c1-21-10-12(15)14(20)16-11-8-13(19)18(9-11)3-2-17-4-6-22-7-5-17;;/h11-12H,2-10,15H2,1H3,(H,16,20);2*1H. The predicted octanol–water partition coefficient (Wildman–Crippen LogP) is -1.15. The number of methoxy groups -OCH3 is 1. The zero-order valence-corrected chi connectivity index (χ0v) is 15.6. The van der Waals surface area contributed by atoms with Crippen molar-refractivity contribution < 1.29 is 19.1 Å². The van der Waals surface area contributed by atoms with Gasteiger partial charge in [0, 0.05) is 46.3 Å². The Morgan fingerprint density at radius 3 is 2.67 bits per heavy atom. The molecule has 2 amide bonds. The number of carbonyl (C=O) groups excluding carboxylic acids is 2. The van der Waals surface area contributed by atoms with Crippen LogP contribution < -0.4 is 11.1 Å². The summed E-state index contributed by atoms with van der Waals surface area (Å²) in [5.74, 6) is -0.187. The van der Waals surface area contributed by atoms with Gasteiger partial charge in [0.15, 0.2) is 0 Å². The summed E-state index contributed by atoms with van der Waals surface area (Å²) in [6.07, 6.45) is 0.342. The molecule has 24 heavy (non-hydrogen) atoms. The number of nitrogens with one attached hydrogen (secondary N) is 1. The molecule has 2 heterocycles. The molecule has 2 fully saturated rings. The summed E-state index contributed by atoms with van der Waals surface area (Å²) < 4.78 is 10.2. The number of nitrogens with zero attached hydrogens (tertiary/aromatic N) is 2. The summed E-state index contributed by atoms with van der Waals surface area (Å²) in [4.78, 5) is 27.9. The van der Waals surface area contributed by atoms with Crippen molar-refractivity contribution in [2.75, 3.05) is 59.7 Å². The first-order valence-corrected chi connectivity index (χ1v) is 7.73. The molecule has 0 bridgehead atoms. The molecule has 2 aliphatic heterocycles. The van der Waals surface area contributed by atoms with Crippen molar-refractivity contribution in [1.29, 1.82) is 0 Å². The quantitative estimate of drug-likeness (QED) is 0.573. The molecule has 0 aromatic heterocycles. The molecule has 0 aromatic carbocycles. The van der Waals surface area contributed by atoms with Gasteiger partial charge in [-0.1, -0.05) is 0 Å². The van der Waals surface area contributed by atoms with E-state index in [1.807, 2.05) is 4.90 Å². The fraction of sp³-hybridized carbons (Fsp3) is 0.857. The van der Waals surface area contributed by atoms with E-state index in [1.165, 1.54) is 7.11 Å². The Kier molecular flexibility index (Phi) is 11.5. The van der Waals surface area contributed by atoms with Crippen LogP contribution in [-0.2, 0) is 19.1 Å². The molecule has 0 spiro atoms. The van der Waals surface area contributed by atoms with Gasteiger partial charge in [-0.25, -0.2) is 0 Å². The van der Waals surface area contributed by atoms with E-state index < -0.39 is 6.04 Å². The molecule has 3 N–H and O–H groups in total. The van der Waals surface area contributed by atoms with Crippen molar-refractivity contribution in [2.45, 2.75) is 18.5 Å². The first kappa shape index (κ1) is 23.4. The number of hydrogen-bond donors (Lipinski definition) is 2. The Labute approximate surface area is 155 Å². The van der Waals surface area contributed by atoms with Gasteiger partial charge in [-0.05, 0) is 0 Å². The van der Waals surface area contributed by atoms with Crippen molar-refractivity contribution >= 4 is 36.6 Å². The maximum absolute atomic E-state index is 12.0. The largest absolute Gasteiger partial charge is 0.383 e. The summed E-state index contributed by atoms with van der Waals surface area (Å²) in [6, 6.07) is -0.852. The van der Waals surface area contributed by atoms with E-state index in [2.05, 4.69) is 10.2 Å². The molecule has 2 aliphatic rings. The van der Waals surface area contributed by atoms with Crippen LogP contribution in [0, 0.1) is 0 Å². The van der Waals surface area contributed by atoms with Crippen molar-refractivity contribution in [3.05, 3.63) is 0 Å². The van der Waals surface area contributed by atoms with E-state index in [4.69, 9.17) is 15.2 Å². The van der Waals surface area contributed by atoms with E-state index in [9.17, 15) is 9.59 Å². The number of amides is 2. The minimum absolute atomic E-state index is 0. The maximum Gasteiger partial charge on any atom is 0.239 e. The molecule has 8 nitrogen and oxygen atoms in total. The van der Waals surface area contributed by atoms with Gasteiger partial charge < -0.3 is 25.4 Å². The van der Waals surface area contributed by atoms with E-state index in [0.29, 0.717) is 19.5 Å². The average molecular weight is 387 g/mol. The number of halogens is 2. The monoisotopic (exact) mass is 386 g/mol. The highest BCUT2D eigenvalue weighted by atomic mass is 35.5. The number of hydrogen-bond acceptors (Lipinski definition) is 6. The van der Waals surface area contributed by atoms with Gasteiger partial charge in [0.2, 0.25) is 11.8 Å². The number of ether oxygens (including phenoxy) is 2. The number of carbonyl (C=O) groups is 2. The molecule has 0 saturated carbocycles. The normalized spacial score (nSPS) is 22.5. The Bertz CT molecular complexity index is 397. The summed E-state index contributed by atoms with van der Waals surface area (Å²) in [7, 11) is 1.50. The molecule has 142 valence electrons. The van der Waals surface area contributed by atoms with E-state index in [0.717, 1.165) is 32.8 Å². The SMILES string of the molecule is COCC(N)C(=O)NC1CC(=O)N(CCN2CCOCC2)C1.Cl.Cl. The smallest absolute Gasteiger partial charge is 0.239 e. The highest BCUT2D eigenvalue weighted by Gasteiger charge is 2.31. The van der Waals surface area contributed by atoms with Gasteiger partial charge >= 0.3 is 0 Å². The van der Waals surface area contributed by atoms with E-state index >= 15 is 0 Å². The van der Waals surface area contributed by atoms with Gasteiger partial charge in [-0.2, -0.15) is 0 Å². The van der Waals surface area contributed by atoms with Crippen molar-refractivity contribution in [2.24, 2.45) is 5.73 Å². The third kappa shape index (κ3) is 7.08. The van der Waals surface area contributed by atoms with Crippen molar-refractivity contribution in [1.82, 2.24) is 15.1 Å². The average Bonchev–Trinajstić information content (AvgIpc) is 2.86. The second kappa shape index (κ2) is 11.8. The number of likely N-dealkylation sites (tertiary alicyclic amines) is 1. The van der Waals surface area contributed by atoms with Gasteiger partial charge in [0.25, 0.3) is 0 Å². The van der Waals surface area contributed by atoms with Crippen LogP contribution in [-0.4, -0.2) is 93.4 Å². The first-order valence-electron chi connectivity index (χ1n) is 7.73. The molecular formula is C14H28Cl2N4O4. The molecule has 2 unspecified atom stereocenters. The second-order valence-electron chi connectivity index (χ2n) is 5.77. The molecule has 2 rings (SSSR count). The molecule has 2 saturated heterocycles. The maximum atomic E-state index is 12.0. The summed E-state index contributed by atoms with van der Waals surface area (Å²) in [5.41, 5.74) is 5.68. The van der Waals surface area contributed by atoms with Gasteiger partial charge in [0.05, 0.1) is 25.9 Å². The van der Waals surface area contributed by atoms with Crippen LogP contribution in [0.3, 0.4) is 0 Å². The number of nitrogens with two attached hydrogens (primary N) is 1. The zero-order valence-electron chi connectivity index (χ0n) is 13.9. The lowest BCUT2D eigenvalue weighted by Crippen LogP contribution is -2.48. The van der Waals surface area contributed by atoms with Gasteiger partial charge in [-0.15, -0.1) is 24.8 Å². The van der Waals surface area contributed by atoms with E-state index in [-0.39, 0.29) is 49.3 Å². The van der Waals surface area contributed by atoms with Gasteiger partial charge in [0.1, 0.15) is 6.04 Å². The third-order valence-electron chi connectivity index (χ3n) is 4.03. The molecule has 0 radical (unpaired) electrons. The fourth-order valence-corrected chi connectivity index (χ4v) is 2.74.